The number of methoxy groups -OCH3 is 1. The lowest BCUT2D eigenvalue weighted by Gasteiger charge is -2.22. The summed E-state index contributed by atoms with van der Waals surface area (Å²) in [6.07, 6.45) is 1.13. The number of hydrogen-bond donors (Lipinski definition) is 2. The molecule has 0 radical (unpaired) electrons. The summed E-state index contributed by atoms with van der Waals surface area (Å²) in [6, 6.07) is 0. The molecule has 0 amide bonds. The van der Waals surface area contributed by atoms with Crippen LogP contribution in [0.25, 0.3) is 0 Å². The first-order chi connectivity index (χ1) is 10.2. The van der Waals surface area contributed by atoms with Gasteiger partial charge in [-0.3, -0.25) is 4.99 Å². The van der Waals surface area contributed by atoms with Gasteiger partial charge in [-0.1, -0.05) is 6.92 Å². The second-order valence-electron chi connectivity index (χ2n) is 5.65. The molecule has 2 unspecified atom stereocenters. The third-order valence-electron chi connectivity index (χ3n) is 3.57. The summed E-state index contributed by atoms with van der Waals surface area (Å²) < 4.78 is 10.6. The van der Waals surface area contributed by atoms with Crippen LogP contribution in [0.5, 0.6) is 0 Å². The quantitative estimate of drug-likeness (QED) is 0.370. The van der Waals surface area contributed by atoms with Gasteiger partial charge in [0.15, 0.2) is 5.96 Å². The van der Waals surface area contributed by atoms with E-state index in [9.17, 15) is 0 Å². The Hall–Kier alpha value is -0.850. The number of aliphatic imine (C=N–C) groups is 1. The Balaban J connectivity index is 2.39. The van der Waals surface area contributed by atoms with Crippen LogP contribution >= 0.6 is 0 Å². The molecule has 1 fully saturated rings. The van der Waals surface area contributed by atoms with Crippen molar-refractivity contribution in [2.24, 2.45) is 16.8 Å². The molecule has 0 bridgehead atoms. The van der Waals surface area contributed by atoms with Crippen LogP contribution in [-0.4, -0.2) is 75.7 Å². The minimum Gasteiger partial charge on any atom is -0.396 e. The van der Waals surface area contributed by atoms with Gasteiger partial charge in [-0.25, -0.2) is 0 Å². The van der Waals surface area contributed by atoms with E-state index in [-0.39, 0.29) is 12.5 Å². The third kappa shape index (κ3) is 7.11. The minimum absolute atomic E-state index is 0.179. The number of rotatable bonds is 9. The Morgan fingerprint density at radius 1 is 1.48 bits per heavy atom. The molecule has 21 heavy (non-hydrogen) atoms. The highest BCUT2D eigenvalue weighted by Gasteiger charge is 2.24. The fourth-order valence-electron chi connectivity index (χ4n) is 2.28. The molecule has 1 aliphatic heterocycles. The monoisotopic (exact) mass is 301 g/mol. The van der Waals surface area contributed by atoms with Crippen molar-refractivity contribution in [2.75, 3.05) is 59.7 Å². The molecule has 0 aromatic heterocycles. The molecule has 2 atom stereocenters. The van der Waals surface area contributed by atoms with Crippen molar-refractivity contribution >= 4 is 5.96 Å². The van der Waals surface area contributed by atoms with E-state index in [1.54, 1.807) is 7.11 Å². The predicted octanol–water partition coefficient (Wildman–Crippen LogP) is 0.565. The largest absolute Gasteiger partial charge is 0.396 e. The zero-order valence-corrected chi connectivity index (χ0v) is 13.7. The van der Waals surface area contributed by atoms with Crippen LogP contribution in [0.15, 0.2) is 4.99 Å². The van der Waals surface area contributed by atoms with Gasteiger partial charge >= 0.3 is 0 Å². The van der Waals surface area contributed by atoms with Crippen molar-refractivity contribution < 1.29 is 14.6 Å². The number of nitrogens with one attached hydrogen (secondary N) is 1. The maximum atomic E-state index is 9.10. The molecule has 0 aliphatic carbocycles. The van der Waals surface area contributed by atoms with Crippen molar-refractivity contribution in [1.29, 1.82) is 0 Å². The fraction of sp³-hybridized carbons (Fsp3) is 0.933. The zero-order chi connectivity index (χ0) is 15.5. The van der Waals surface area contributed by atoms with Crippen LogP contribution in [-0.2, 0) is 9.47 Å². The van der Waals surface area contributed by atoms with Gasteiger partial charge in [0.2, 0.25) is 0 Å². The second kappa shape index (κ2) is 10.8. The first-order valence-electron chi connectivity index (χ1n) is 7.92. The molecule has 0 aromatic carbocycles. The fourth-order valence-corrected chi connectivity index (χ4v) is 2.28. The molecule has 0 aromatic rings. The lowest BCUT2D eigenvalue weighted by molar-refractivity contribution is 0.0536. The van der Waals surface area contributed by atoms with E-state index in [4.69, 9.17) is 14.6 Å². The summed E-state index contributed by atoms with van der Waals surface area (Å²) in [7, 11) is 1.69. The first-order valence-corrected chi connectivity index (χ1v) is 7.92. The van der Waals surface area contributed by atoms with E-state index in [0.29, 0.717) is 25.7 Å². The van der Waals surface area contributed by atoms with Crippen molar-refractivity contribution in [3.05, 3.63) is 0 Å². The summed E-state index contributed by atoms with van der Waals surface area (Å²) in [5, 5.41) is 12.4. The van der Waals surface area contributed by atoms with Gasteiger partial charge in [-0.2, -0.15) is 0 Å². The number of aliphatic hydroxyl groups excluding tert-OH is 1. The average molecular weight is 301 g/mol. The van der Waals surface area contributed by atoms with E-state index in [0.717, 1.165) is 38.6 Å². The summed E-state index contributed by atoms with van der Waals surface area (Å²) in [4.78, 5) is 6.91. The van der Waals surface area contributed by atoms with Crippen molar-refractivity contribution in [3.63, 3.8) is 0 Å². The Labute approximate surface area is 128 Å². The van der Waals surface area contributed by atoms with Gasteiger partial charge in [0.1, 0.15) is 0 Å². The molecule has 1 saturated heterocycles. The second-order valence-corrected chi connectivity index (χ2v) is 5.65. The van der Waals surface area contributed by atoms with E-state index in [1.807, 2.05) is 6.92 Å². The van der Waals surface area contributed by atoms with Gasteiger partial charge in [0, 0.05) is 45.8 Å². The van der Waals surface area contributed by atoms with Crippen molar-refractivity contribution in [1.82, 2.24) is 10.2 Å². The van der Waals surface area contributed by atoms with Crippen molar-refractivity contribution in [2.45, 2.75) is 20.3 Å². The number of nitrogens with zero attached hydrogens (tertiary/aromatic N) is 2. The molecular weight excluding hydrogens is 270 g/mol. The Morgan fingerprint density at radius 2 is 2.29 bits per heavy atom. The highest BCUT2D eigenvalue weighted by molar-refractivity contribution is 5.80. The summed E-state index contributed by atoms with van der Waals surface area (Å²) >= 11 is 0. The molecule has 2 N–H and O–H groups in total. The standard InChI is InChI=1S/C15H31N3O3/c1-4-16-15(17-9-13(2)11-19)18-6-5-14(10-18)12-21-8-7-20-3/h13-14,19H,4-12H2,1-3H3,(H,16,17). The molecule has 0 saturated carbocycles. The molecular formula is C15H31N3O3. The van der Waals surface area contributed by atoms with E-state index in [2.05, 4.69) is 22.1 Å². The molecule has 1 heterocycles. The Bertz CT molecular complexity index is 300. The van der Waals surface area contributed by atoms with Crippen LogP contribution in [0.1, 0.15) is 20.3 Å². The van der Waals surface area contributed by atoms with E-state index in [1.165, 1.54) is 0 Å². The van der Waals surface area contributed by atoms with Crippen LogP contribution in [0.4, 0.5) is 0 Å². The minimum atomic E-state index is 0.179. The van der Waals surface area contributed by atoms with E-state index < -0.39 is 0 Å². The van der Waals surface area contributed by atoms with Crippen molar-refractivity contribution in [3.8, 4) is 0 Å². The highest BCUT2D eigenvalue weighted by atomic mass is 16.5. The lowest BCUT2D eigenvalue weighted by atomic mass is 10.1. The molecule has 1 aliphatic rings. The topological polar surface area (TPSA) is 66.3 Å². The maximum Gasteiger partial charge on any atom is 0.193 e. The third-order valence-corrected chi connectivity index (χ3v) is 3.57. The molecule has 124 valence electrons. The van der Waals surface area contributed by atoms with Gasteiger partial charge in [0.05, 0.1) is 19.8 Å². The van der Waals surface area contributed by atoms with Gasteiger partial charge in [0.25, 0.3) is 0 Å². The predicted molar refractivity (Wildman–Crippen MR) is 84.6 cm³/mol. The number of guanidine groups is 1. The molecule has 6 heteroatoms. The van der Waals surface area contributed by atoms with Gasteiger partial charge in [-0.05, 0) is 19.3 Å². The van der Waals surface area contributed by atoms with Gasteiger partial charge in [-0.15, -0.1) is 0 Å². The van der Waals surface area contributed by atoms with Crippen LogP contribution in [0.3, 0.4) is 0 Å². The lowest BCUT2D eigenvalue weighted by Crippen LogP contribution is -2.40. The normalized spacial score (nSPS) is 20.9. The smallest absolute Gasteiger partial charge is 0.193 e. The summed E-state index contributed by atoms with van der Waals surface area (Å²) in [6.45, 7) is 9.86. The number of hydrogen-bond acceptors (Lipinski definition) is 4. The Morgan fingerprint density at radius 3 is 2.95 bits per heavy atom. The van der Waals surface area contributed by atoms with E-state index >= 15 is 0 Å². The first kappa shape index (κ1) is 18.2. The highest BCUT2D eigenvalue weighted by Crippen LogP contribution is 2.16. The van der Waals surface area contributed by atoms with Gasteiger partial charge < -0.3 is 24.8 Å². The summed E-state index contributed by atoms with van der Waals surface area (Å²) in [5.41, 5.74) is 0. The van der Waals surface area contributed by atoms with Crippen LogP contribution in [0.2, 0.25) is 0 Å². The molecule has 0 spiro atoms. The SMILES string of the molecule is CCNC(=NCC(C)CO)N1CCC(COCCOC)C1. The van der Waals surface area contributed by atoms with Crippen LogP contribution in [0, 0.1) is 11.8 Å². The zero-order valence-electron chi connectivity index (χ0n) is 13.7. The molecule has 1 rings (SSSR count). The number of aliphatic hydroxyl groups is 1. The summed E-state index contributed by atoms with van der Waals surface area (Å²) in [5.74, 6) is 1.72. The molecule has 6 nitrogen and oxygen atoms in total. The number of ether oxygens (including phenoxy) is 2. The Kier molecular flexibility index (Phi) is 9.37. The average Bonchev–Trinajstić information content (AvgIpc) is 2.96. The maximum absolute atomic E-state index is 9.10. The van der Waals surface area contributed by atoms with Crippen LogP contribution < -0.4 is 5.32 Å². The number of likely N-dealkylation sites (tertiary alicyclic amines) is 1.